The van der Waals surface area contributed by atoms with Crippen LogP contribution in [-0.4, -0.2) is 22.3 Å². The van der Waals surface area contributed by atoms with Crippen LogP contribution in [0.15, 0.2) is 54.7 Å². The minimum absolute atomic E-state index is 0.257. The molecule has 1 aromatic heterocycles. The molecule has 0 aliphatic rings. The van der Waals surface area contributed by atoms with Crippen molar-refractivity contribution in [3.05, 3.63) is 76.2 Å². The van der Waals surface area contributed by atoms with Gasteiger partial charge in [0.2, 0.25) is 0 Å². The molecule has 0 saturated carbocycles. The van der Waals surface area contributed by atoms with Crippen LogP contribution >= 0.6 is 23.2 Å². The summed E-state index contributed by atoms with van der Waals surface area (Å²) in [4.78, 5) is 12.1. The second-order valence-corrected chi connectivity index (χ2v) is 6.17. The highest BCUT2D eigenvalue weighted by Crippen LogP contribution is 2.26. The van der Waals surface area contributed by atoms with Crippen LogP contribution in [0.2, 0.25) is 10.0 Å². The molecule has 0 atom stereocenters. The maximum absolute atomic E-state index is 13.1. The number of halogens is 3. The van der Waals surface area contributed by atoms with Crippen molar-refractivity contribution in [2.24, 2.45) is 0 Å². The van der Waals surface area contributed by atoms with Crippen LogP contribution in [0, 0.1) is 5.82 Å². The van der Waals surface area contributed by atoms with Gasteiger partial charge in [-0.05, 0) is 23.8 Å². The number of anilines is 1. The van der Waals surface area contributed by atoms with Crippen molar-refractivity contribution in [2.45, 2.75) is 6.54 Å². The van der Waals surface area contributed by atoms with Gasteiger partial charge in [-0.1, -0.05) is 41.4 Å². The largest absolute Gasteiger partial charge is 0.484 e. The maximum Gasteiger partial charge on any atom is 0.263 e. The van der Waals surface area contributed by atoms with Gasteiger partial charge < -0.3 is 10.1 Å². The molecule has 0 unspecified atom stereocenters. The summed E-state index contributed by atoms with van der Waals surface area (Å²) < 4.78 is 20.0. The molecule has 26 heavy (non-hydrogen) atoms. The van der Waals surface area contributed by atoms with Crippen molar-refractivity contribution >= 4 is 34.9 Å². The molecule has 1 N–H and O–H groups in total. The molecule has 0 aliphatic heterocycles. The molecule has 0 spiro atoms. The summed E-state index contributed by atoms with van der Waals surface area (Å²) >= 11 is 12.2. The molecule has 134 valence electrons. The van der Waals surface area contributed by atoms with E-state index < -0.39 is 11.7 Å². The third-order valence-corrected chi connectivity index (χ3v) is 4.36. The number of hydrogen-bond acceptors (Lipinski definition) is 3. The van der Waals surface area contributed by atoms with Gasteiger partial charge in [0.05, 0.1) is 22.8 Å². The van der Waals surface area contributed by atoms with E-state index >= 15 is 0 Å². The molecular weight excluding hydrogens is 380 g/mol. The third-order valence-electron chi connectivity index (χ3n) is 3.50. The van der Waals surface area contributed by atoms with E-state index in [1.807, 2.05) is 6.07 Å². The Bertz CT molecular complexity index is 930. The van der Waals surface area contributed by atoms with Crippen molar-refractivity contribution in [3.8, 4) is 5.75 Å². The average Bonchev–Trinajstić information content (AvgIpc) is 3.04. The summed E-state index contributed by atoms with van der Waals surface area (Å²) in [5.41, 5.74) is 0.773. The maximum atomic E-state index is 13.1. The lowest BCUT2D eigenvalue weighted by Gasteiger charge is -2.11. The molecule has 0 fully saturated rings. The van der Waals surface area contributed by atoms with Crippen LogP contribution < -0.4 is 10.1 Å². The van der Waals surface area contributed by atoms with Gasteiger partial charge in [0, 0.05) is 12.1 Å². The van der Waals surface area contributed by atoms with Crippen molar-refractivity contribution in [3.63, 3.8) is 0 Å². The Balaban J connectivity index is 1.63. The van der Waals surface area contributed by atoms with E-state index in [0.717, 1.165) is 5.56 Å². The fourth-order valence-electron chi connectivity index (χ4n) is 2.28. The zero-order valence-electron chi connectivity index (χ0n) is 13.5. The van der Waals surface area contributed by atoms with Gasteiger partial charge in [0.25, 0.3) is 5.91 Å². The second-order valence-electron chi connectivity index (χ2n) is 5.38. The predicted molar refractivity (Wildman–Crippen MR) is 98.3 cm³/mol. The first kappa shape index (κ1) is 18.2. The molecule has 8 heteroatoms. The Morgan fingerprint density at radius 2 is 2.00 bits per heavy atom. The van der Waals surface area contributed by atoms with Crippen LogP contribution in [0.5, 0.6) is 5.75 Å². The average molecular weight is 394 g/mol. The van der Waals surface area contributed by atoms with E-state index in [-0.39, 0.29) is 12.4 Å². The van der Waals surface area contributed by atoms with Crippen LogP contribution in [0.1, 0.15) is 5.56 Å². The summed E-state index contributed by atoms with van der Waals surface area (Å²) in [6, 6.07) is 12.5. The number of rotatable bonds is 6. The van der Waals surface area contributed by atoms with E-state index in [1.165, 1.54) is 18.2 Å². The molecule has 0 bridgehead atoms. The van der Waals surface area contributed by atoms with Crippen LogP contribution in [-0.2, 0) is 11.3 Å². The number of carbonyl (C=O) groups is 1. The van der Waals surface area contributed by atoms with Crippen LogP contribution in [0.25, 0.3) is 0 Å². The molecule has 3 aromatic rings. The van der Waals surface area contributed by atoms with Gasteiger partial charge in [0.15, 0.2) is 6.61 Å². The molecule has 2 aromatic carbocycles. The smallest absolute Gasteiger partial charge is 0.263 e. The molecule has 3 rings (SSSR count). The highest BCUT2D eigenvalue weighted by Gasteiger charge is 2.11. The number of hydrogen-bond donors (Lipinski definition) is 1. The fraction of sp³-hybridized carbons (Fsp3) is 0.111. The number of aromatic nitrogens is 2. The minimum atomic E-state index is -0.431. The molecule has 1 heterocycles. The number of ether oxygens (including phenoxy) is 1. The molecule has 1 amide bonds. The van der Waals surface area contributed by atoms with Gasteiger partial charge in [-0.15, -0.1) is 0 Å². The summed E-state index contributed by atoms with van der Waals surface area (Å²) in [6.07, 6.45) is 1.56. The first-order valence-corrected chi connectivity index (χ1v) is 8.41. The number of carbonyl (C=O) groups excluding carboxylic acids is 1. The third kappa shape index (κ3) is 4.53. The summed E-state index contributed by atoms with van der Waals surface area (Å²) in [7, 11) is 0. The van der Waals surface area contributed by atoms with Crippen molar-refractivity contribution in [1.29, 1.82) is 0 Å². The van der Waals surface area contributed by atoms with Crippen LogP contribution in [0.3, 0.4) is 0 Å². The highest BCUT2D eigenvalue weighted by atomic mass is 35.5. The van der Waals surface area contributed by atoms with Crippen LogP contribution in [0.4, 0.5) is 10.2 Å². The van der Waals surface area contributed by atoms with E-state index in [2.05, 4.69) is 10.4 Å². The minimum Gasteiger partial charge on any atom is -0.484 e. The van der Waals surface area contributed by atoms with Crippen molar-refractivity contribution < 1.29 is 13.9 Å². The summed E-state index contributed by atoms with van der Waals surface area (Å²) in [6.45, 7) is 0.0827. The predicted octanol–water partition coefficient (Wildman–Crippen LogP) is 4.39. The summed E-state index contributed by atoms with van der Waals surface area (Å²) in [5, 5.41) is 7.76. The highest BCUT2D eigenvalue weighted by molar-refractivity contribution is 6.42. The molecule has 0 saturated heterocycles. The molecule has 5 nitrogen and oxygen atoms in total. The van der Waals surface area contributed by atoms with E-state index in [4.69, 9.17) is 27.9 Å². The summed E-state index contributed by atoms with van der Waals surface area (Å²) in [5.74, 6) is -0.0687. The molecule has 0 radical (unpaired) electrons. The zero-order valence-corrected chi connectivity index (χ0v) is 15.0. The Morgan fingerprint density at radius 1 is 1.19 bits per heavy atom. The SMILES string of the molecule is O=C(COc1cccc(F)c1)Nc1ccnn1Cc1cccc(Cl)c1Cl. The first-order chi connectivity index (χ1) is 12.5. The van der Waals surface area contributed by atoms with E-state index in [0.29, 0.717) is 22.4 Å². The van der Waals surface area contributed by atoms with Gasteiger partial charge in [-0.2, -0.15) is 5.10 Å². The van der Waals surface area contributed by atoms with Gasteiger partial charge in [-0.25, -0.2) is 9.07 Å². The molecule has 0 aliphatic carbocycles. The molecular formula is C18H14Cl2FN3O2. The monoisotopic (exact) mass is 393 g/mol. The van der Waals surface area contributed by atoms with Crippen molar-refractivity contribution in [1.82, 2.24) is 9.78 Å². The fourth-order valence-corrected chi connectivity index (χ4v) is 2.66. The Hall–Kier alpha value is -2.57. The Morgan fingerprint density at radius 3 is 2.81 bits per heavy atom. The second kappa shape index (κ2) is 8.21. The lowest BCUT2D eigenvalue weighted by Crippen LogP contribution is -2.22. The van der Waals surface area contributed by atoms with Gasteiger partial charge >= 0.3 is 0 Å². The number of nitrogens with zero attached hydrogens (tertiary/aromatic N) is 2. The quantitative estimate of drug-likeness (QED) is 0.675. The van der Waals surface area contributed by atoms with Crippen molar-refractivity contribution in [2.75, 3.05) is 11.9 Å². The lowest BCUT2D eigenvalue weighted by molar-refractivity contribution is -0.118. The first-order valence-electron chi connectivity index (χ1n) is 7.66. The lowest BCUT2D eigenvalue weighted by atomic mass is 10.2. The Kier molecular flexibility index (Phi) is 5.75. The number of nitrogens with one attached hydrogen (secondary N) is 1. The van der Waals surface area contributed by atoms with Gasteiger partial charge in [-0.3, -0.25) is 4.79 Å². The standard InChI is InChI=1S/C18H14Cl2FN3O2/c19-15-6-1-3-12(18(15)20)10-24-16(7-8-22-24)23-17(25)11-26-14-5-2-4-13(21)9-14/h1-9H,10-11H2,(H,23,25). The van der Waals surface area contributed by atoms with Gasteiger partial charge in [0.1, 0.15) is 17.4 Å². The zero-order chi connectivity index (χ0) is 18.5. The Labute approximate surface area is 159 Å². The normalized spacial score (nSPS) is 10.6. The topological polar surface area (TPSA) is 56.1 Å². The van der Waals surface area contributed by atoms with E-state index in [9.17, 15) is 9.18 Å². The van der Waals surface area contributed by atoms with E-state index in [1.54, 1.807) is 35.1 Å². The number of benzene rings is 2. The number of amides is 1.